The number of hydrogen-bond donors (Lipinski definition) is 0. The summed E-state index contributed by atoms with van der Waals surface area (Å²) in [5, 5.41) is 0. The number of hydrogen-bond acceptors (Lipinski definition) is 2. The van der Waals surface area contributed by atoms with E-state index in [1.165, 1.54) is 19.2 Å². The van der Waals surface area contributed by atoms with Crippen LogP contribution in [0.1, 0.15) is 10.4 Å². The zero-order valence-corrected chi connectivity index (χ0v) is 10.2. The molecule has 0 spiro atoms. The molecule has 0 fully saturated rings. The van der Waals surface area contributed by atoms with Gasteiger partial charge in [0.15, 0.2) is 17.3 Å². The van der Waals surface area contributed by atoms with Crippen molar-refractivity contribution in [3.05, 3.63) is 27.1 Å². The van der Waals surface area contributed by atoms with Gasteiger partial charge in [0.2, 0.25) is 0 Å². The second-order valence-electron chi connectivity index (χ2n) is 2.50. The summed E-state index contributed by atoms with van der Waals surface area (Å²) >= 11 is 7.27. The monoisotopic (exact) mass is 328 g/mol. The first-order valence-corrected chi connectivity index (χ1v) is 5.34. The molecule has 0 saturated heterocycles. The maximum atomic E-state index is 13.1. The highest BCUT2D eigenvalue weighted by Gasteiger charge is 2.16. The normalized spacial score (nSPS) is 10.0. The van der Waals surface area contributed by atoms with Crippen LogP contribution >= 0.6 is 34.2 Å². The average molecular weight is 329 g/mol. The van der Waals surface area contributed by atoms with Crippen molar-refractivity contribution in [1.29, 1.82) is 0 Å². The van der Waals surface area contributed by atoms with Crippen LogP contribution in [0.25, 0.3) is 0 Å². The Balaban J connectivity index is 3.28. The molecule has 0 bridgehead atoms. The van der Waals surface area contributed by atoms with Gasteiger partial charge >= 0.3 is 0 Å². The Morgan fingerprint density at radius 2 is 2.29 bits per heavy atom. The predicted octanol–water partition coefficient (Wildman–Crippen LogP) is 2.86. The van der Waals surface area contributed by atoms with E-state index in [1.54, 1.807) is 0 Å². The number of alkyl halides is 1. The zero-order valence-electron chi connectivity index (χ0n) is 7.31. The van der Waals surface area contributed by atoms with Crippen molar-refractivity contribution >= 4 is 40.0 Å². The molecule has 0 aliphatic rings. The van der Waals surface area contributed by atoms with Crippen LogP contribution in [0, 0.1) is 9.39 Å². The summed E-state index contributed by atoms with van der Waals surface area (Å²) in [6.45, 7) is 0. The first-order valence-electron chi connectivity index (χ1n) is 3.73. The SMILES string of the molecule is COc1c(F)ccc(C(=O)CCl)c1I. The van der Waals surface area contributed by atoms with Crippen LogP contribution in [0.3, 0.4) is 0 Å². The van der Waals surface area contributed by atoms with Crippen molar-refractivity contribution in [3.63, 3.8) is 0 Å². The van der Waals surface area contributed by atoms with Gasteiger partial charge < -0.3 is 4.74 Å². The van der Waals surface area contributed by atoms with Crippen molar-refractivity contribution in [3.8, 4) is 5.75 Å². The van der Waals surface area contributed by atoms with Crippen LogP contribution in [0.2, 0.25) is 0 Å². The Hall–Kier alpha value is -0.360. The van der Waals surface area contributed by atoms with E-state index < -0.39 is 5.82 Å². The van der Waals surface area contributed by atoms with Gasteiger partial charge in [0.1, 0.15) is 0 Å². The van der Waals surface area contributed by atoms with Crippen molar-refractivity contribution in [2.45, 2.75) is 0 Å². The van der Waals surface area contributed by atoms with Crippen LogP contribution in [0.15, 0.2) is 12.1 Å². The van der Waals surface area contributed by atoms with Crippen molar-refractivity contribution in [1.82, 2.24) is 0 Å². The molecular weight excluding hydrogens is 321 g/mol. The molecule has 1 aromatic rings. The largest absolute Gasteiger partial charge is 0.493 e. The van der Waals surface area contributed by atoms with Gasteiger partial charge in [-0.05, 0) is 34.7 Å². The third kappa shape index (κ3) is 2.17. The Kier molecular flexibility index (Phi) is 4.12. The van der Waals surface area contributed by atoms with Gasteiger partial charge in [0, 0.05) is 5.56 Å². The van der Waals surface area contributed by atoms with E-state index in [4.69, 9.17) is 16.3 Å². The third-order valence-corrected chi connectivity index (χ3v) is 2.99. The van der Waals surface area contributed by atoms with Crippen LogP contribution < -0.4 is 4.74 Å². The molecule has 1 rings (SSSR count). The van der Waals surface area contributed by atoms with Gasteiger partial charge in [-0.15, -0.1) is 11.6 Å². The van der Waals surface area contributed by atoms with Crippen LogP contribution in [0.5, 0.6) is 5.75 Å². The van der Waals surface area contributed by atoms with Crippen LogP contribution in [0.4, 0.5) is 4.39 Å². The van der Waals surface area contributed by atoms with Gasteiger partial charge in [-0.1, -0.05) is 0 Å². The first-order chi connectivity index (χ1) is 6.61. The second-order valence-corrected chi connectivity index (χ2v) is 3.84. The minimum Gasteiger partial charge on any atom is -0.493 e. The molecule has 1 aromatic carbocycles. The molecule has 0 amide bonds. The molecule has 2 nitrogen and oxygen atoms in total. The summed E-state index contributed by atoms with van der Waals surface area (Å²) in [4.78, 5) is 11.3. The fourth-order valence-electron chi connectivity index (χ4n) is 1.01. The molecule has 76 valence electrons. The topological polar surface area (TPSA) is 26.3 Å². The number of halogens is 3. The van der Waals surface area contributed by atoms with Gasteiger partial charge in [-0.2, -0.15) is 0 Å². The van der Waals surface area contributed by atoms with E-state index in [9.17, 15) is 9.18 Å². The van der Waals surface area contributed by atoms with Gasteiger partial charge in [0.25, 0.3) is 0 Å². The molecule has 0 radical (unpaired) electrons. The quantitative estimate of drug-likeness (QED) is 0.484. The van der Waals surface area contributed by atoms with Gasteiger partial charge in [0.05, 0.1) is 16.6 Å². The van der Waals surface area contributed by atoms with Crippen LogP contribution in [-0.4, -0.2) is 18.8 Å². The smallest absolute Gasteiger partial charge is 0.178 e. The highest BCUT2D eigenvalue weighted by atomic mass is 127. The maximum Gasteiger partial charge on any atom is 0.178 e. The highest BCUT2D eigenvalue weighted by molar-refractivity contribution is 14.1. The molecule has 0 aliphatic heterocycles. The number of rotatable bonds is 3. The summed E-state index contributed by atoms with van der Waals surface area (Å²) in [5.41, 5.74) is 0.388. The predicted molar refractivity (Wildman–Crippen MR) is 60.7 cm³/mol. The summed E-state index contributed by atoms with van der Waals surface area (Å²) in [7, 11) is 1.36. The van der Waals surface area contributed by atoms with E-state index in [1.807, 2.05) is 22.6 Å². The minimum atomic E-state index is -0.483. The number of ether oxygens (including phenoxy) is 1. The highest BCUT2D eigenvalue weighted by Crippen LogP contribution is 2.27. The first kappa shape index (κ1) is 11.7. The Labute approximate surface area is 99.5 Å². The summed E-state index contributed by atoms with van der Waals surface area (Å²) < 4.78 is 18.4. The van der Waals surface area contributed by atoms with Crippen molar-refractivity contribution in [2.24, 2.45) is 0 Å². The molecule has 0 atom stereocenters. The number of carbonyl (C=O) groups excluding carboxylic acids is 1. The minimum absolute atomic E-state index is 0.0848. The molecule has 0 aliphatic carbocycles. The fraction of sp³-hybridized carbons (Fsp3) is 0.222. The molecule has 0 unspecified atom stereocenters. The number of Topliss-reactive ketones (excluding diaryl/α,β-unsaturated/α-hetero) is 1. The summed E-state index contributed by atoms with van der Waals surface area (Å²) in [5.74, 6) is -0.760. The lowest BCUT2D eigenvalue weighted by Gasteiger charge is -2.07. The average Bonchev–Trinajstić information content (AvgIpc) is 2.18. The maximum absolute atomic E-state index is 13.1. The Bertz CT molecular complexity index is 368. The number of carbonyl (C=O) groups is 1. The lowest BCUT2D eigenvalue weighted by atomic mass is 10.1. The summed E-state index contributed by atoms with van der Waals surface area (Å²) in [6.07, 6.45) is 0. The second kappa shape index (κ2) is 4.93. The lowest BCUT2D eigenvalue weighted by molar-refractivity contribution is 0.101. The molecule has 5 heteroatoms. The van der Waals surface area contributed by atoms with Crippen LogP contribution in [-0.2, 0) is 0 Å². The van der Waals surface area contributed by atoms with Crippen molar-refractivity contribution in [2.75, 3.05) is 13.0 Å². The zero-order chi connectivity index (χ0) is 10.7. The standard InChI is InChI=1S/C9H7ClFIO2/c1-14-9-6(11)3-2-5(8(9)12)7(13)4-10/h2-3H,4H2,1H3. The molecule has 0 aromatic heterocycles. The van der Waals surface area contributed by atoms with Gasteiger partial charge in [-0.25, -0.2) is 4.39 Å². The number of benzene rings is 1. The van der Waals surface area contributed by atoms with E-state index in [-0.39, 0.29) is 17.4 Å². The molecule has 0 heterocycles. The lowest BCUT2D eigenvalue weighted by Crippen LogP contribution is -2.05. The van der Waals surface area contributed by atoms with Gasteiger partial charge in [-0.3, -0.25) is 4.79 Å². The Morgan fingerprint density at radius 3 is 2.79 bits per heavy atom. The van der Waals surface area contributed by atoms with E-state index in [0.29, 0.717) is 9.13 Å². The van der Waals surface area contributed by atoms with E-state index in [0.717, 1.165) is 0 Å². The molecule has 0 N–H and O–H groups in total. The summed E-state index contributed by atoms with van der Waals surface area (Å²) in [6, 6.07) is 2.60. The number of ketones is 1. The van der Waals surface area contributed by atoms with Crippen molar-refractivity contribution < 1.29 is 13.9 Å². The molecule has 14 heavy (non-hydrogen) atoms. The third-order valence-electron chi connectivity index (χ3n) is 1.67. The fourth-order valence-corrected chi connectivity index (χ4v) is 2.11. The number of methoxy groups -OCH3 is 1. The van der Waals surface area contributed by atoms with E-state index in [2.05, 4.69) is 0 Å². The molecule has 0 saturated carbocycles. The Morgan fingerprint density at radius 1 is 1.64 bits per heavy atom. The van der Waals surface area contributed by atoms with E-state index >= 15 is 0 Å². The molecular formula is C9H7ClFIO2.